The number of methoxy groups -OCH3 is 1. The zero-order valence-corrected chi connectivity index (χ0v) is 11.1. The molecule has 5 heteroatoms. The molecule has 0 unspecified atom stereocenters. The highest BCUT2D eigenvalue weighted by Gasteiger charge is 1.97. The lowest BCUT2D eigenvalue weighted by Gasteiger charge is -2.10. The molecule has 0 aliphatic heterocycles. The largest absolute Gasteiger partial charge is 0.383 e. The van der Waals surface area contributed by atoms with Crippen LogP contribution in [0.1, 0.15) is 12.6 Å². The van der Waals surface area contributed by atoms with Crippen molar-refractivity contribution < 1.29 is 4.74 Å². The SMILES string of the molecule is CCNC(=NCCOC)NCCc1ccccn1. The molecule has 0 aliphatic rings. The number of pyridine rings is 1. The Labute approximate surface area is 109 Å². The molecule has 0 saturated carbocycles. The number of hydrogen-bond donors (Lipinski definition) is 2. The fourth-order valence-electron chi connectivity index (χ4n) is 1.45. The van der Waals surface area contributed by atoms with E-state index >= 15 is 0 Å². The van der Waals surface area contributed by atoms with Crippen molar-refractivity contribution in [3.05, 3.63) is 30.1 Å². The first-order valence-electron chi connectivity index (χ1n) is 6.28. The van der Waals surface area contributed by atoms with Crippen LogP contribution in [0.4, 0.5) is 0 Å². The quantitative estimate of drug-likeness (QED) is 0.427. The molecule has 0 aromatic carbocycles. The first kappa shape index (κ1) is 14.4. The van der Waals surface area contributed by atoms with Crippen molar-refractivity contribution >= 4 is 5.96 Å². The average molecular weight is 250 g/mol. The second kappa shape index (κ2) is 9.41. The first-order chi connectivity index (χ1) is 8.86. The molecule has 1 aromatic heterocycles. The van der Waals surface area contributed by atoms with Crippen molar-refractivity contribution in [1.82, 2.24) is 15.6 Å². The molecule has 1 aromatic rings. The molecular weight excluding hydrogens is 228 g/mol. The number of hydrogen-bond acceptors (Lipinski definition) is 3. The van der Waals surface area contributed by atoms with Crippen LogP contribution in [0, 0.1) is 0 Å². The third-order valence-corrected chi connectivity index (χ3v) is 2.31. The molecule has 0 aliphatic carbocycles. The number of aliphatic imine (C=N–C) groups is 1. The van der Waals surface area contributed by atoms with Gasteiger partial charge < -0.3 is 15.4 Å². The van der Waals surface area contributed by atoms with E-state index in [1.54, 1.807) is 7.11 Å². The Morgan fingerprint density at radius 2 is 2.28 bits per heavy atom. The van der Waals surface area contributed by atoms with Crippen LogP contribution in [-0.4, -0.2) is 44.3 Å². The number of ether oxygens (including phenoxy) is 1. The summed E-state index contributed by atoms with van der Waals surface area (Å²) in [6.07, 6.45) is 2.70. The van der Waals surface area contributed by atoms with E-state index in [1.165, 1.54) is 0 Å². The van der Waals surface area contributed by atoms with Crippen LogP contribution in [0.3, 0.4) is 0 Å². The maximum absolute atomic E-state index is 4.97. The smallest absolute Gasteiger partial charge is 0.191 e. The van der Waals surface area contributed by atoms with Gasteiger partial charge in [0.05, 0.1) is 13.2 Å². The summed E-state index contributed by atoms with van der Waals surface area (Å²) in [4.78, 5) is 8.66. The summed E-state index contributed by atoms with van der Waals surface area (Å²) in [5.41, 5.74) is 1.08. The van der Waals surface area contributed by atoms with E-state index < -0.39 is 0 Å². The molecule has 2 N–H and O–H groups in total. The fourth-order valence-corrected chi connectivity index (χ4v) is 1.45. The second-order valence-corrected chi connectivity index (χ2v) is 3.75. The van der Waals surface area contributed by atoms with Gasteiger partial charge in [0.15, 0.2) is 5.96 Å². The van der Waals surface area contributed by atoms with Crippen molar-refractivity contribution in [3.63, 3.8) is 0 Å². The fraction of sp³-hybridized carbons (Fsp3) is 0.538. The van der Waals surface area contributed by atoms with Crippen LogP contribution in [0.15, 0.2) is 29.4 Å². The average Bonchev–Trinajstić information content (AvgIpc) is 2.40. The van der Waals surface area contributed by atoms with Gasteiger partial charge in [-0.3, -0.25) is 9.98 Å². The topological polar surface area (TPSA) is 58.5 Å². The molecule has 0 spiro atoms. The van der Waals surface area contributed by atoms with Crippen molar-refractivity contribution in [2.75, 3.05) is 33.4 Å². The van der Waals surface area contributed by atoms with Gasteiger partial charge in [-0.25, -0.2) is 0 Å². The predicted molar refractivity (Wildman–Crippen MR) is 73.8 cm³/mol. The first-order valence-corrected chi connectivity index (χ1v) is 6.28. The van der Waals surface area contributed by atoms with E-state index in [-0.39, 0.29) is 0 Å². The van der Waals surface area contributed by atoms with Gasteiger partial charge in [0.1, 0.15) is 0 Å². The van der Waals surface area contributed by atoms with Gasteiger partial charge in [0, 0.05) is 38.5 Å². The molecule has 0 saturated heterocycles. The van der Waals surface area contributed by atoms with Crippen molar-refractivity contribution in [2.45, 2.75) is 13.3 Å². The Bertz CT molecular complexity index is 340. The number of nitrogens with one attached hydrogen (secondary N) is 2. The Morgan fingerprint density at radius 1 is 1.39 bits per heavy atom. The van der Waals surface area contributed by atoms with Crippen LogP contribution >= 0.6 is 0 Å². The minimum absolute atomic E-state index is 0.636. The molecule has 1 heterocycles. The molecule has 0 atom stereocenters. The van der Waals surface area contributed by atoms with Crippen LogP contribution in [0.2, 0.25) is 0 Å². The third-order valence-electron chi connectivity index (χ3n) is 2.31. The minimum atomic E-state index is 0.636. The molecule has 0 bridgehead atoms. The van der Waals surface area contributed by atoms with Gasteiger partial charge in [-0.15, -0.1) is 0 Å². The van der Waals surface area contributed by atoms with Crippen molar-refractivity contribution in [2.24, 2.45) is 4.99 Å². The van der Waals surface area contributed by atoms with Crippen LogP contribution < -0.4 is 10.6 Å². The Hall–Kier alpha value is -1.62. The molecule has 1 rings (SSSR count). The molecule has 0 radical (unpaired) electrons. The standard InChI is InChI=1S/C13H22N4O/c1-3-14-13(17-10-11-18-2)16-9-7-12-6-4-5-8-15-12/h4-6,8H,3,7,9-11H2,1-2H3,(H2,14,16,17). The highest BCUT2D eigenvalue weighted by molar-refractivity contribution is 5.79. The van der Waals surface area contributed by atoms with Gasteiger partial charge in [-0.2, -0.15) is 0 Å². The lowest BCUT2D eigenvalue weighted by molar-refractivity contribution is 0.208. The summed E-state index contributed by atoms with van der Waals surface area (Å²) in [5.74, 6) is 0.825. The number of aromatic nitrogens is 1. The number of rotatable bonds is 7. The zero-order valence-electron chi connectivity index (χ0n) is 11.1. The van der Waals surface area contributed by atoms with Gasteiger partial charge in [-0.1, -0.05) is 6.07 Å². The van der Waals surface area contributed by atoms with Crippen molar-refractivity contribution in [1.29, 1.82) is 0 Å². The summed E-state index contributed by atoms with van der Waals surface area (Å²) < 4.78 is 4.97. The van der Waals surface area contributed by atoms with Gasteiger partial charge in [0.2, 0.25) is 0 Å². The summed E-state index contributed by atoms with van der Waals surface area (Å²) in [5, 5.41) is 6.46. The maximum atomic E-state index is 4.97. The highest BCUT2D eigenvalue weighted by atomic mass is 16.5. The van der Waals surface area contributed by atoms with Gasteiger partial charge >= 0.3 is 0 Å². The predicted octanol–water partition coefficient (Wildman–Crippen LogP) is 0.826. The van der Waals surface area contributed by atoms with E-state index in [0.29, 0.717) is 13.2 Å². The van der Waals surface area contributed by atoms with Crippen LogP contribution in [0.5, 0.6) is 0 Å². The second-order valence-electron chi connectivity index (χ2n) is 3.75. The lowest BCUT2D eigenvalue weighted by Crippen LogP contribution is -2.38. The van der Waals surface area contributed by atoms with E-state index in [2.05, 4.69) is 20.6 Å². The lowest BCUT2D eigenvalue weighted by atomic mass is 10.3. The van der Waals surface area contributed by atoms with Crippen LogP contribution in [0.25, 0.3) is 0 Å². The van der Waals surface area contributed by atoms with E-state index in [9.17, 15) is 0 Å². The van der Waals surface area contributed by atoms with Crippen LogP contribution in [-0.2, 0) is 11.2 Å². The Balaban J connectivity index is 2.31. The molecule has 100 valence electrons. The Morgan fingerprint density at radius 3 is 2.94 bits per heavy atom. The zero-order chi connectivity index (χ0) is 13.1. The van der Waals surface area contributed by atoms with Gasteiger partial charge in [0.25, 0.3) is 0 Å². The molecule has 0 amide bonds. The van der Waals surface area contributed by atoms with E-state index in [0.717, 1.165) is 31.2 Å². The molecule has 0 fully saturated rings. The Kier molecular flexibility index (Phi) is 7.55. The third kappa shape index (κ3) is 6.20. The minimum Gasteiger partial charge on any atom is -0.383 e. The normalized spacial score (nSPS) is 11.3. The van der Waals surface area contributed by atoms with Gasteiger partial charge in [-0.05, 0) is 19.1 Å². The summed E-state index contributed by atoms with van der Waals surface area (Å²) in [6.45, 7) is 5.01. The molecular formula is C13H22N4O. The monoisotopic (exact) mass is 250 g/mol. The highest BCUT2D eigenvalue weighted by Crippen LogP contribution is 1.92. The summed E-state index contributed by atoms with van der Waals surface area (Å²) >= 11 is 0. The molecule has 18 heavy (non-hydrogen) atoms. The number of nitrogens with zero attached hydrogens (tertiary/aromatic N) is 2. The molecule has 5 nitrogen and oxygen atoms in total. The maximum Gasteiger partial charge on any atom is 0.191 e. The summed E-state index contributed by atoms with van der Waals surface area (Å²) in [7, 11) is 1.68. The van der Waals surface area contributed by atoms with Crippen molar-refractivity contribution in [3.8, 4) is 0 Å². The van der Waals surface area contributed by atoms with E-state index in [1.807, 2.05) is 31.3 Å². The number of guanidine groups is 1. The van der Waals surface area contributed by atoms with E-state index in [4.69, 9.17) is 4.74 Å². The summed E-state index contributed by atoms with van der Waals surface area (Å²) in [6, 6.07) is 5.95.